The third-order valence-electron chi connectivity index (χ3n) is 5.33. The number of benzene rings is 1. The zero-order valence-corrected chi connectivity index (χ0v) is 18.3. The van der Waals surface area contributed by atoms with Gasteiger partial charge in [-0.05, 0) is 60.2 Å². The lowest BCUT2D eigenvalue weighted by atomic mass is 9.93. The van der Waals surface area contributed by atoms with Gasteiger partial charge in [0.05, 0.1) is 6.54 Å². The second-order valence-corrected chi connectivity index (χ2v) is 8.17. The summed E-state index contributed by atoms with van der Waals surface area (Å²) in [5, 5.41) is 20.7. The summed E-state index contributed by atoms with van der Waals surface area (Å²) in [5.41, 5.74) is 1.82. The highest BCUT2D eigenvalue weighted by atomic mass is 35.5. The summed E-state index contributed by atoms with van der Waals surface area (Å²) in [6.45, 7) is 5.44. The molecule has 2 aromatic heterocycles. The summed E-state index contributed by atoms with van der Waals surface area (Å²) in [6, 6.07) is 5.55. The molecule has 9 nitrogen and oxygen atoms in total. The van der Waals surface area contributed by atoms with Crippen LogP contribution in [0.15, 0.2) is 28.7 Å². The quantitative estimate of drug-likeness (QED) is 0.542. The Kier molecular flexibility index (Phi) is 6.41. The van der Waals surface area contributed by atoms with Gasteiger partial charge in [0.25, 0.3) is 0 Å². The van der Waals surface area contributed by atoms with Crippen molar-refractivity contribution >= 4 is 23.6 Å². The van der Waals surface area contributed by atoms with Crippen LogP contribution in [0.1, 0.15) is 41.6 Å². The minimum atomic E-state index is 0.00251. The Labute approximate surface area is 185 Å². The second kappa shape index (κ2) is 9.38. The van der Waals surface area contributed by atoms with Crippen LogP contribution in [0.25, 0.3) is 6.08 Å². The Morgan fingerprint density at radius 1 is 1.23 bits per heavy atom. The van der Waals surface area contributed by atoms with E-state index in [-0.39, 0.29) is 5.91 Å². The lowest BCUT2D eigenvalue weighted by molar-refractivity contribution is -0.127. The van der Waals surface area contributed by atoms with Crippen LogP contribution in [-0.4, -0.2) is 54.3 Å². The first-order valence-corrected chi connectivity index (χ1v) is 10.6. The summed E-state index contributed by atoms with van der Waals surface area (Å²) in [5.74, 6) is 2.32. The number of halogens is 1. The Morgan fingerprint density at radius 3 is 2.71 bits per heavy atom. The number of carbonyl (C=O) groups excluding carboxylic acids is 1. The average molecular weight is 442 g/mol. The molecule has 1 aromatic carbocycles. The highest BCUT2D eigenvalue weighted by molar-refractivity contribution is 6.30. The number of nitrogens with zero attached hydrogens (tertiary/aromatic N) is 7. The molecule has 1 fully saturated rings. The SMILES string of the molecule is Cc1nnn(Cc2cc(Cl)ccc2C=CC(=O)N2CCC(Cc3nnc(C)o3)CC2)n1. The number of hydrogen-bond donors (Lipinski definition) is 0. The third-order valence-corrected chi connectivity index (χ3v) is 5.57. The fourth-order valence-corrected chi connectivity index (χ4v) is 3.90. The normalized spacial score (nSPS) is 15.1. The van der Waals surface area contributed by atoms with Crippen molar-refractivity contribution in [1.29, 1.82) is 0 Å². The molecule has 162 valence electrons. The molecule has 3 heterocycles. The van der Waals surface area contributed by atoms with Gasteiger partial charge in [-0.3, -0.25) is 4.79 Å². The van der Waals surface area contributed by atoms with Crippen molar-refractivity contribution in [1.82, 2.24) is 35.3 Å². The largest absolute Gasteiger partial charge is 0.426 e. The number of aromatic nitrogens is 6. The molecule has 1 aliphatic rings. The van der Waals surface area contributed by atoms with Gasteiger partial charge in [-0.1, -0.05) is 17.7 Å². The van der Waals surface area contributed by atoms with Crippen LogP contribution in [0, 0.1) is 19.8 Å². The number of rotatable bonds is 6. The van der Waals surface area contributed by atoms with Gasteiger partial charge in [0.1, 0.15) is 0 Å². The van der Waals surface area contributed by atoms with E-state index < -0.39 is 0 Å². The third kappa shape index (κ3) is 5.55. The predicted octanol–water partition coefficient (Wildman–Crippen LogP) is 2.87. The monoisotopic (exact) mass is 441 g/mol. The number of tetrazole rings is 1. The van der Waals surface area contributed by atoms with Crippen LogP contribution >= 0.6 is 11.6 Å². The topological polar surface area (TPSA) is 103 Å². The molecule has 0 atom stereocenters. The van der Waals surface area contributed by atoms with Crippen LogP contribution in [0.5, 0.6) is 0 Å². The van der Waals surface area contributed by atoms with Crippen molar-refractivity contribution < 1.29 is 9.21 Å². The van der Waals surface area contributed by atoms with E-state index >= 15 is 0 Å². The summed E-state index contributed by atoms with van der Waals surface area (Å²) in [4.78, 5) is 16.1. The molecule has 1 saturated heterocycles. The Balaban J connectivity index is 1.36. The molecule has 0 bridgehead atoms. The number of hydrogen-bond acceptors (Lipinski definition) is 7. The molecule has 0 aliphatic carbocycles. The fraction of sp³-hybridized carbons (Fsp3) is 0.429. The van der Waals surface area contributed by atoms with E-state index in [1.807, 2.05) is 23.1 Å². The van der Waals surface area contributed by atoms with E-state index in [0.29, 0.717) is 35.1 Å². The lowest BCUT2D eigenvalue weighted by Crippen LogP contribution is -2.38. The van der Waals surface area contributed by atoms with Crippen molar-refractivity contribution in [2.45, 2.75) is 39.7 Å². The van der Waals surface area contributed by atoms with Gasteiger partial charge in [0, 0.05) is 37.5 Å². The molecule has 10 heteroatoms. The molecule has 0 N–H and O–H groups in total. The predicted molar refractivity (Wildman–Crippen MR) is 114 cm³/mol. The van der Waals surface area contributed by atoms with E-state index in [9.17, 15) is 4.79 Å². The molecule has 0 spiro atoms. The molecule has 0 radical (unpaired) electrons. The maximum Gasteiger partial charge on any atom is 0.246 e. The molecule has 0 unspecified atom stereocenters. The van der Waals surface area contributed by atoms with Crippen LogP contribution in [0.2, 0.25) is 5.02 Å². The van der Waals surface area contributed by atoms with Gasteiger partial charge in [0.15, 0.2) is 5.82 Å². The summed E-state index contributed by atoms with van der Waals surface area (Å²) >= 11 is 6.17. The Morgan fingerprint density at radius 2 is 2.03 bits per heavy atom. The van der Waals surface area contributed by atoms with Gasteiger partial charge >= 0.3 is 0 Å². The molecule has 1 amide bonds. The van der Waals surface area contributed by atoms with E-state index in [1.165, 1.54) is 4.80 Å². The van der Waals surface area contributed by atoms with E-state index in [0.717, 1.165) is 43.5 Å². The number of piperidine rings is 1. The number of likely N-dealkylation sites (tertiary alicyclic amines) is 1. The maximum atomic E-state index is 12.7. The van der Waals surface area contributed by atoms with Crippen molar-refractivity contribution in [3.05, 3.63) is 58.0 Å². The Hall–Kier alpha value is -3.07. The minimum absolute atomic E-state index is 0.00251. The first kappa shape index (κ1) is 21.2. The highest BCUT2D eigenvalue weighted by Gasteiger charge is 2.23. The van der Waals surface area contributed by atoms with Gasteiger partial charge in [0.2, 0.25) is 17.7 Å². The van der Waals surface area contributed by atoms with Crippen molar-refractivity contribution in [3.63, 3.8) is 0 Å². The summed E-state index contributed by atoms with van der Waals surface area (Å²) < 4.78 is 5.47. The van der Waals surface area contributed by atoms with Crippen LogP contribution in [0.3, 0.4) is 0 Å². The van der Waals surface area contributed by atoms with Crippen LogP contribution in [-0.2, 0) is 17.8 Å². The van der Waals surface area contributed by atoms with E-state index in [1.54, 1.807) is 26.0 Å². The molecular formula is C21H24ClN7O2. The first-order valence-electron chi connectivity index (χ1n) is 10.2. The Bertz CT molecular complexity index is 1080. The standard InChI is InChI=1S/C21H24ClN7O2/c1-14-23-27-29(26-14)13-18-12-19(22)5-3-17(18)4-6-21(30)28-9-7-16(8-10-28)11-20-25-24-15(2)31-20/h3-6,12,16H,7-11,13H2,1-2H3. The molecular weight excluding hydrogens is 418 g/mol. The molecule has 1 aliphatic heterocycles. The number of carbonyl (C=O) groups is 1. The van der Waals surface area contributed by atoms with Gasteiger partial charge in [-0.25, -0.2) is 0 Å². The summed E-state index contributed by atoms with van der Waals surface area (Å²) in [6.07, 6.45) is 6.05. The maximum absolute atomic E-state index is 12.7. The average Bonchev–Trinajstić information content (AvgIpc) is 3.35. The second-order valence-electron chi connectivity index (χ2n) is 7.73. The molecule has 0 saturated carbocycles. The van der Waals surface area contributed by atoms with E-state index in [2.05, 4.69) is 25.6 Å². The van der Waals surface area contributed by atoms with Crippen molar-refractivity contribution in [3.8, 4) is 0 Å². The van der Waals surface area contributed by atoms with Gasteiger partial charge < -0.3 is 9.32 Å². The number of amides is 1. The fourth-order valence-electron chi connectivity index (χ4n) is 3.71. The van der Waals surface area contributed by atoms with Gasteiger partial charge in [-0.2, -0.15) is 4.80 Å². The molecule has 4 rings (SSSR count). The van der Waals surface area contributed by atoms with E-state index in [4.69, 9.17) is 16.0 Å². The highest BCUT2D eigenvalue weighted by Crippen LogP contribution is 2.22. The van der Waals surface area contributed by atoms with Crippen LogP contribution in [0.4, 0.5) is 0 Å². The van der Waals surface area contributed by atoms with Gasteiger partial charge in [-0.15, -0.1) is 20.4 Å². The zero-order chi connectivity index (χ0) is 21.8. The van der Waals surface area contributed by atoms with Crippen molar-refractivity contribution in [2.24, 2.45) is 5.92 Å². The van der Waals surface area contributed by atoms with Crippen molar-refractivity contribution in [2.75, 3.05) is 13.1 Å². The minimum Gasteiger partial charge on any atom is -0.426 e. The molecule has 3 aromatic rings. The first-order chi connectivity index (χ1) is 15.0. The van der Waals surface area contributed by atoms with Crippen LogP contribution < -0.4 is 0 Å². The number of aryl methyl sites for hydroxylation is 2. The smallest absolute Gasteiger partial charge is 0.246 e. The summed E-state index contributed by atoms with van der Waals surface area (Å²) in [7, 11) is 0. The zero-order valence-electron chi connectivity index (χ0n) is 17.5. The molecule has 31 heavy (non-hydrogen) atoms. The lowest BCUT2D eigenvalue weighted by Gasteiger charge is -2.30.